The number of aromatic nitrogens is 2. The van der Waals surface area contributed by atoms with Crippen LogP contribution >= 0.6 is 0 Å². The zero-order valence-electron chi connectivity index (χ0n) is 16.0. The maximum Gasteiger partial charge on any atom is 0.416 e. The number of hydrogen-bond donors (Lipinski definition) is 3. The summed E-state index contributed by atoms with van der Waals surface area (Å²) in [6.07, 6.45) is -3.88. The summed E-state index contributed by atoms with van der Waals surface area (Å²) in [5, 5.41) is 5.03. The highest BCUT2D eigenvalue weighted by molar-refractivity contribution is 5.97. The first-order valence-electron chi connectivity index (χ1n) is 9.45. The van der Waals surface area contributed by atoms with Gasteiger partial charge in [-0.3, -0.25) is 9.59 Å². The number of anilines is 1. The van der Waals surface area contributed by atoms with Gasteiger partial charge in [0.1, 0.15) is 11.9 Å². The van der Waals surface area contributed by atoms with Gasteiger partial charge in [0.2, 0.25) is 11.8 Å². The van der Waals surface area contributed by atoms with Crippen LogP contribution in [0.15, 0.2) is 48.5 Å². The second-order valence-electron chi connectivity index (χ2n) is 7.39. The van der Waals surface area contributed by atoms with Crippen LogP contribution in [0.3, 0.4) is 0 Å². The van der Waals surface area contributed by atoms with Crippen LogP contribution in [0.1, 0.15) is 30.7 Å². The van der Waals surface area contributed by atoms with Gasteiger partial charge < -0.3 is 15.6 Å². The fourth-order valence-corrected chi connectivity index (χ4v) is 3.34. The van der Waals surface area contributed by atoms with Crippen LogP contribution in [0.25, 0.3) is 11.0 Å². The highest BCUT2D eigenvalue weighted by atomic mass is 19.4. The molecule has 2 amide bonds. The summed E-state index contributed by atoms with van der Waals surface area (Å²) < 4.78 is 38.4. The molecule has 3 aromatic rings. The van der Waals surface area contributed by atoms with E-state index >= 15 is 0 Å². The topological polar surface area (TPSA) is 86.9 Å². The number of nitrogens with one attached hydrogen (secondary N) is 3. The number of alkyl halides is 3. The standard InChI is InChI=1S/C21H19F3N4O2/c1-11(19(29)26-13-6-4-5-12(9-13)21(22,23)24)25-20(30)15-10-14(15)18-27-16-7-2-3-8-17(16)28-18/h2-9,11,14-15H,10H2,1H3,(H,25,30)(H,26,29)(H,27,28). The second kappa shape index (κ2) is 7.47. The zero-order valence-corrected chi connectivity index (χ0v) is 16.0. The number of hydrogen-bond acceptors (Lipinski definition) is 3. The number of para-hydroxylation sites is 2. The van der Waals surface area contributed by atoms with Gasteiger partial charge in [-0.15, -0.1) is 0 Å². The average molecular weight is 416 g/mol. The van der Waals surface area contributed by atoms with Crippen molar-refractivity contribution in [3.05, 3.63) is 59.9 Å². The van der Waals surface area contributed by atoms with E-state index in [4.69, 9.17) is 0 Å². The molecule has 1 fully saturated rings. The first-order chi connectivity index (χ1) is 14.2. The first kappa shape index (κ1) is 19.9. The van der Waals surface area contributed by atoms with Crippen molar-refractivity contribution in [2.24, 2.45) is 5.92 Å². The van der Waals surface area contributed by atoms with Crippen LogP contribution in [-0.4, -0.2) is 27.8 Å². The lowest BCUT2D eigenvalue weighted by Gasteiger charge is -2.15. The van der Waals surface area contributed by atoms with Gasteiger partial charge in [-0.05, 0) is 43.7 Å². The molecular weight excluding hydrogens is 397 g/mol. The Bertz CT molecular complexity index is 1080. The van der Waals surface area contributed by atoms with E-state index in [1.54, 1.807) is 0 Å². The van der Waals surface area contributed by atoms with Crippen LogP contribution in [0.4, 0.5) is 18.9 Å². The minimum Gasteiger partial charge on any atom is -0.344 e. The molecule has 0 aliphatic heterocycles. The lowest BCUT2D eigenvalue weighted by Crippen LogP contribution is -2.42. The predicted molar refractivity (Wildman–Crippen MR) is 105 cm³/mol. The van der Waals surface area contributed by atoms with Crippen molar-refractivity contribution < 1.29 is 22.8 Å². The third-order valence-corrected chi connectivity index (χ3v) is 5.10. The quantitative estimate of drug-likeness (QED) is 0.591. The molecule has 1 aliphatic carbocycles. The second-order valence-corrected chi connectivity index (χ2v) is 7.39. The van der Waals surface area contributed by atoms with Crippen molar-refractivity contribution >= 4 is 28.5 Å². The lowest BCUT2D eigenvalue weighted by atomic mass is 10.2. The molecule has 1 heterocycles. The van der Waals surface area contributed by atoms with Crippen molar-refractivity contribution in [2.75, 3.05) is 5.32 Å². The van der Waals surface area contributed by atoms with Crippen molar-refractivity contribution in [3.8, 4) is 0 Å². The molecule has 1 aliphatic rings. The summed E-state index contributed by atoms with van der Waals surface area (Å²) in [5.74, 6) is -0.487. The fourth-order valence-electron chi connectivity index (χ4n) is 3.34. The number of carbonyl (C=O) groups is 2. The Morgan fingerprint density at radius 2 is 1.93 bits per heavy atom. The van der Waals surface area contributed by atoms with Gasteiger partial charge in [0.25, 0.3) is 0 Å². The number of fused-ring (bicyclic) bond motifs is 1. The minimum atomic E-state index is -4.50. The molecule has 3 atom stereocenters. The Kier molecular flexibility index (Phi) is 4.97. The van der Waals surface area contributed by atoms with Gasteiger partial charge in [-0.2, -0.15) is 13.2 Å². The van der Waals surface area contributed by atoms with Gasteiger partial charge in [0.15, 0.2) is 0 Å². The number of rotatable bonds is 5. The normalized spacial score (nSPS) is 19.3. The molecule has 0 bridgehead atoms. The van der Waals surface area contributed by atoms with Crippen molar-refractivity contribution in [1.82, 2.24) is 15.3 Å². The maximum atomic E-state index is 12.8. The molecule has 156 valence electrons. The van der Waals surface area contributed by atoms with Crippen molar-refractivity contribution in [2.45, 2.75) is 31.5 Å². The molecule has 4 rings (SSSR count). The molecule has 6 nitrogen and oxygen atoms in total. The summed E-state index contributed by atoms with van der Waals surface area (Å²) >= 11 is 0. The first-order valence-corrected chi connectivity index (χ1v) is 9.45. The lowest BCUT2D eigenvalue weighted by molar-refractivity contribution is -0.137. The number of amides is 2. The Labute approximate surface area is 169 Å². The predicted octanol–water partition coefficient (Wildman–Crippen LogP) is 3.83. The molecule has 3 unspecified atom stereocenters. The summed E-state index contributed by atoms with van der Waals surface area (Å²) in [7, 11) is 0. The van der Waals surface area contributed by atoms with Crippen LogP contribution in [0, 0.1) is 5.92 Å². The summed E-state index contributed by atoms with van der Waals surface area (Å²) in [6.45, 7) is 1.49. The average Bonchev–Trinajstić information content (AvgIpc) is 3.39. The fraction of sp³-hybridized carbons (Fsp3) is 0.286. The monoisotopic (exact) mass is 416 g/mol. The van der Waals surface area contributed by atoms with E-state index in [9.17, 15) is 22.8 Å². The third kappa shape index (κ3) is 4.14. The van der Waals surface area contributed by atoms with E-state index in [1.807, 2.05) is 24.3 Å². The van der Waals surface area contributed by atoms with Gasteiger partial charge in [-0.25, -0.2) is 4.98 Å². The highest BCUT2D eigenvalue weighted by Crippen LogP contribution is 2.46. The number of nitrogens with zero attached hydrogens (tertiary/aromatic N) is 1. The number of aromatic amines is 1. The van der Waals surface area contributed by atoms with Gasteiger partial charge in [0, 0.05) is 17.5 Å². The molecule has 1 saturated carbocycles. The molecule has 0 saturated heterocycles. The van der Waals surface area contributed by atoms with E-state index in [0.717, 1.165) is 29.0 Å². The van der Waals surface area contributed by atoms with E-state index in [0.29, 0.717) is 6.42 Å². The summed E-state index contributed by atoms with van der Waals surface area (Å²) in [5.41, 5.74) is 0.880. The van der Waals surface area contributed by atoms with Crippen molar-refractivity contribution in [3.63, 3.8) is 0 Å². The number of carbonyl (C=O) groups excluding carboxylic acids is 2. The molecule has 2 aromatic carbocycles. The molecular formula is C21H19F3N4O2. The summed E-state index contributed by atoms with van der Waals surface area (Å²) in [6, 6.07) is 11.0. The Balaban J connectivity index is 1.34. The highest BCUT2D eigenvalue weighted by Gasteiger charge is 2.46. The van der Waals surface area contributed by atoms with E-state index < -0.39 is 23.7 Å². The minimum absolute atomic E-state index is 0.0162. The van der Waals surface area contributed by atoms with Crippen LogP contribution in [-0.2, 0) is 15.8 Å². The Hall–Kier alpha value is -3.36. The van der Waals surface area contributed by atoms with E-state index in [-0.39, 0.29) is 23.4 Å². The van der Waals surface area contributed by atoms with Crippen LogP contribution in [0.5, 0.6) is 0 Å². The molecule has 1 aromatic heterocycles. The maximum absolute atomic E-state index is 12.8. The Morgan fingerprint density at radius 1 is 1.17 bits per heavy atom. The third-order valence-electron chi connectivity index (χ3n) is 5.10. The van der Waals surface area contributed by atoms with Crippen LogP contribution in [0.2, 0.25) is 0 Å². The molecule has 3 N–H and O–H groups in total. The zero-order chi connectivity index (χ0) is 21.5. The molecule has 0 radical (unpaired) electrons. The smallest absolute Gasteiger partial charge is 0.344 e. The van der Waals surface area contributed by atoms with Crippen molar-refractivity contribution in [1.29, 1.82) is 0 Å². The van der Waals surface area contributed by atoms with Gasteiger partial charge >= 0.3 is 6.18 Å². The van der Waals surface area contributed by atoms with Gasteiger partial charge in [-0.1, -0.05) is 18.2 Å². The Morgan fingerprint density at radius 3 is 2.67 bits per heavy atom. The van der Waals surface area contributed by atoms with E-state index in [1.165, 1.54) is 19.1 Å². The molecule has 30 heavy (non-hydrogen) atoms. The number of H-pyrrole nitrogens is 1. The molecule has 0 spiro atoms. The van der Waals surface area contributed by atoms with E-state index in [2.05, 4.69) is 20.6 Å². The number of imidazole rings is 1. The largest absolute Gasteiger partial charge is 0.416 e. The molecule has 9 heteroatoms. The summed E-state index contributed by atoms with van der Waals surface area (Å²) in [4.78, 5) is 32.5. The van der Waals surface area contributed by atoms with Gasteiger partial charge in [0.05, 0.1) is 16.6 Å². The SMILES string of the molecule is CC(NC(=O)C1CC1c1nc2ccccc2[nH]1)C(=O)Nc1cccc(C(F)(F)F)c1. The number of halogens is 3. The number of benzene rings is 2. The van der Waals surface area contributed by atoms with Crippen LogP contribution < -0.4 is 10.6 Å².